The predicted molar refractivity (Wildman–Crippen MR) is 157 cm³/mol. The molecule has 1 aliphatic rings. The molecular weight excluding hydrogens is 522 g/mol. The lowest BCUT2D eigenvalue weighted by Gasteiger charge is -2.24. The number of methoxy groups -OCH3 is 1. The highest BCUT2D eigenvalue weighted by molar-refractivity contribution is 6.01. The first-order valence-corrected chi connectivity index (χ1v) is 13.6. The summed E-state index contributed by atoms with van der Waals surface area (Å²) in [6.07, 6.45) is -0.402. The number of nitrogens with one attached hydrogen (secondary N) is 1. The summed E-state index contributed by atoms with van der Waals surface area (Å²) in [5, 5.41) is 17.1. The fraction of sp³-hybridized carbons (Fsp3) is 0.344. The highest BCUT2D eigenvalue weighted by Gasteiger charge is 2.35. The Hall–Kier alpha value is -4.37. The van der Waals surface area contributed by atoms with Crippen LogP contribution >= 0.6 is 0 Å². The highest BCUT2D eigenvalue weighted by atomic mass is 16.6. The molecule has 0 saturated carbocycles. The smallest absolute Gasteiger partial charge is 0.254 e. The standard InChI is InChI=1S/C32H37N3O6/c1-21-6-5-7-22(2)31(21)23-8-10-24(11-9-23)32(38)35-19-25(34-40-4)16-26(35)17-30(37)33-18-27(36)20-41-29-14-12-28(39-3)13-15-29/h5-15,26-27,36H,16-20H2,1-4H3,(H,33,37)/t26-,27?/m0/s1. The third kappa shape index (κ3) is 7.64. The number of oxime groups is 1. The molecule has 0 aliphatic carbocycles. The molecule has 3 aromatic rings. The van der Waals surface area contributed by atoms with Crippen molar-refractivity contribution in [2.24, 2.45) is 5.16 Å². The normalized spacial score (nSPS) is 16.4. The second kappa shape index (κ2) is 13.8. The van der Waals surface area contributed by atoms with E-state index in [0.29, 0.717) is 29.2 Å². The van der Waals surface area contributed by atoms with Gasteiger partial charge in [-0.3, -0.25) is 9.59 Å². The van der Waals surface area contributed by atoms with Gasteiger partial charge in [-0.05, 0) is 72.5 Å². The Kier molecular flexibility index (Phi) is 9.97. The van der Waals surface area contributed by atoms with E-state index in [1.54, 1.807) is 36.3 Å². The lowest BCUT2D eigenvalue weighted by atomic mass is 9.95. The number of rotatable bonds is 11. The largest absolute Gasteiger partial charge is 0.497 e. The molecule has 9 heteroatoms. The molecule has 1 aliphatic heterocycles. The van der Waals surface area contributed by atoms with Gasteiger partial charge < -0.3 is 29.6 Å². The number of hydrogen-bond acceptors (Lipinski definition) is 7. The number of aryl methyl sites for hydroxylation is 2. The van der Waals surface area contributed by atoms with E-state index in [1.807, 2.05) is 30.3 Å². The van der Waals surface area contributed by atoms with Gasteiger partial charge in [0.2, 0.25) is 5.91 Å². The van der Waals surface area contributed by atoms with Gasteiger partial charge in [0.05, 0.1) is 19.4 Å². The Morgan fingerprint density at radius 1 is 1.00 bits per heavy atom. The van der Waals surface area contributed by atoms with Crippen LogP contribution in [-0.2, 0) is 9.63 Å². The summed E-state index contributed by atoms with van der Waals surface area (Å²) in [6.45, 7) is 4.47. The molecule has 9 nitrogen and oxygen atoms in total. The van der Waals surface area contributed by atoms with Crippen LogP contribution in [0.1, 0.15) is 34.3 Å². The Bertz CT molecular complexity index is 1350. The van der Waals surface area contributed by atoms with Crippen molar-refractivity contribution in [1.82, 2.24) is 10.2 Å². The maximum Gasteiger partial charge on any atom is 0.254 e. The first-order chi connectivity index (χ1) is 19.8. The molecule has 1 fully saturated rings. The third-order valence-corrected chi connectivity index (χ3v) is 7.11. The van der Waals surface area contributed by atoms with E-state index in [0.717, 1.165) is 11.1 Å². The van der Waals surface area contributed by atoms with Gasteiger partial charge in [-0.1, -0.05) is 35.5 Å². The van der Waals surface area contributed by atoms with Crippen molar-refractivity contribution in [3.8, 4) is 22.6 Å². The number of likely N-dealkylation sites (tertiary alicyclic amines) is 1. The average Bonchev–Trinajstić information content (AvgIpc) is 3.37. The molecule has 1 heterocycles. The van der Waals surface area contributed by atoms with Crippen LogP contribution in [0.4, 0.5) is 0 Å². The summed E-state index contributed by atoms with van der Waals surface area (Å²) in [5.74, 6) is 0.839. The number of amides is 2. The number of aliphatic hydroxyl groups excluding tert-OH is 1. The molecule has 3 aromatic carbocycles. The molecule has 2 atom stereocenters. The lowest BCUT2D eigenvalue weighted by Crippen LogP contribution is -2.41. The van der Waals surface area contributed by atoms with Crippen LogP contribution in [0, 0.1) is 13.8 Å². The van der Waals surface area contributed by atoms with Crippen LogP contribution < -0.4 is 14.8 Å². The number of aliphatic hydroxyl groups is 1. The number of carbonyl (C=O) groups excluding carboxylic acids is 2. The molecule has 216 valence electrons. The summed E-state index contributed by atoms with van der Waals surface area (Å²) in [5.41, 5.74) is 5.79. The minimum absolute atomic E-state index is 0.0172. The van der Waals surface area contributed by atoms with E-state index in [9.17, 15) is 14.7 Å². The van der Waals surface area contributed by atoms with Crippen LogP contribution in [0.25, 0.3) is 11.1 Å². The van der Waals surface area contributed by atoms with Gasteiger partial charge in [0.1, 0.15) is 31.3 Å². The fourth-order valence-corrected chi connectivity index (χ4v) is 5.04. The highest BCUT2D eigenvalue weighted by Crippen LogP contribution is 2.28. The summed E-state index contributed by atoms with van der Waals surface area (Å²) < 4.78 is 10.7. The van der Waals surface area contributed by atoms with Crippen LogP contribution in [-0.4, -0.2) is 73.6 Å². The van der Waals surface area contributed by atoms with Crippen molar-refractivity contribution in [1.29, 1.82) is 0 Å². The Morgan fingerprint density at radius 3 is 2.29 bits per heavy atom. The van der Waals surface area contributed by atoms with Crippen molar-refractivity contribution in [3.63, 3.8) is 0 Å². The number of benzene rings is 3. The number of carbonyl (C=O) groups is 2. The monoisotopic (exact) mass is 559 g/mol. The van der Waals surface area contributed by atoms with Gasteiger partial charge >= 0.3 is 0 Å². The average molecular weight is 560 g/mol. The SMILES string of the molecule is CON=C1C[C@@H](CC(=O)NCC(O)COc2ccc(OC)cc2)N(C(=O)c2ccc(-c3c(C)cccc3C)cc2)C1. The van der Waals surface area contributed by atoms with Crippen molar-refractivity contribution in [2.45, 2.75) is 38.8 Å². The first-order valence-electron chi connectivity index (χ1n) is 13.6. The molecule has 2 N–H and O–H groups in total. The van der Waals surface area contributed by atoms with E-state index in [-0.39, 0.29) is 44.0 Å². The second-order valence-corrected chi connectivity index (χ2v) is 10.1. The van der Waals surface area contributed by atoms with E-state index >= 15 is 0 Å². The van der Waals surface area contributed by atoms with E-state index < -0.39 is 6.10 Å². The van der Waals surface area contributed by atoms with Crippen molar-refractivity contribution in [2.75, 3.05) is 33.9 Å². The Labute approximate surface area is 240 Å². The summed E-state index contributed by atoms with van der Waals surface area (Å²) in [7, 11) is 3.04. The maximum absolute atomic E-state index is 13.5. The van der Waals surface area contributed by atoms with Crippen LogP contribution in [0.5, 0.6) is 11.5 Å². The number of hydrogen-bond donors (Lipinski definition) is 2. The van der Waals surface area contributed by atoms with Crippen LogP contribution in [0.3, 0.4) is 0 Å². The van der Waals surface area contributed by atoms with Gasteiger partial charge in [-0.2, -0.15) is 0 Å². The molecule has 4 rings (SSSR count). The topological polar surface area (TPSA) is 110 Å². The zero-order chi connectivity index (χ0) is 29.4. The van der Waals surface area contributed by atoms with Gasteiger partial charge in [0.15, 0.2) is 0 Å². The molecule has 1 unspecified atom stereocenters. The van der Waals surface area contributed by atoms with Gasteiger partial charge in [0.25, 0.3) is 5.91 Å². The minimum Gasteiger partial charge on any atom is -0.497 e. The Balaban J connectivity index is 1.35. The van der Waals surface area contributed by atoms with Gasteiger partial charge in [-0.15, -0.1) is 0 Å². The van der Waals surface area contributed by atoms with E-state index in [4.69, 9.17) is 14.3 Å². The molecule has 0 bridgehead atoms. The van der Waals surface area contributed by atoms with Crippen molar-refractivity contribution < 1.29 is 29.0 Å². The molecule has 2 amide bonds. The number of ether oxygens (including phenoxy) is 2. The Morgan fingerprint density at radius 2 is 1.66 bits per heavy atom. The second-order valence-electron chi connectivity index (χ2n) is 10.1. The van der Waals surface area contributed by atoms with Gasteiger partial charge in [-0.25, -0.2) is 0 Å². The summed E-state index contributed by atoms with van der Waals surface area (Å²) >= 11 is 0. The van der Waals surface area contributed by atoms with Crippen LogP contribution in [0.2, 0.25) is 0 Å². The van der Waals surface area contributed by atoms with Crippen molar-refractivity contribution in [3.05, 3.63) is 83.4 Å². The lowest BCUT2D eigenvalue weighted by molar-refractivity contribution is -0.122. The summed E-state index contributed by atoms with van der Waals surface area (Å²) in [4.78, 5) is 32.9. The van der Waals surface area contributed by atoms with Crippen LogP contribution in [0.15, 0.2) is 71.9 Å². The molecule has 0 aromatic heterocycles. The first kappa shape index (κ1) is 29.6. The predicted octanol–water partition coefficient (Wildman–Crippen LogP) is 4.14. The fourth-order valence-electron chi connectivity index (χ4n) is 5.04. The number of nitrogens with zero attached hydrogens (tertiary/aromatic N) is 2. The molecule has 0 radical (unpaired) electrons. The molecule has 1 saturated heterocycles. The zero-order valence-corrected chi connectivity index (χ0v) is 23.9. The van der Waals surface area contributed by atoms with E-state index in [1.165, 1.54) is 18.2 Å². The third-order valence-electron chi connectivity index (χ3n) is 7.11. The van der Waals surface area contributed by atoms with Gasteiger partial charge in [0, 0.05) is 31.0 Å². The van der Waals surface area contributed by atoms with E-state index in [2.05, 4.69) is 36.5 Å². The molecule has 41 heavy (non-hydrogen) atoms. The van der Waals surface area contributed by atoms with Crippen molar-refractivity contribution >= 4 is 17.5 Å². The molecular formula is C32H37N3O6. The zero-order valence-electron chi connectivity index (χ0n) is 23.9. The molecule has 0 spiro atoms. The summed E-state index contributed by atoms with van der Waals surface area (Å²) in [6, 6.07) is 20.4. The quantitative estimate of drug-likeness (QED) is 0.342. The minimum atomic E-state index is -0.900. The maximum atomic E-state index is 13.5.